The van der Waals surface area contributed by atoms with Gasteiger partial charge in [-0.25, -0.2) is 4.79 Å². The Hall–Kier alpha value is -2.25. The van der Waals surface area contributed by atoms with Crippen LogP contribution < -0.4 is 10.6 Å². The number of rotatable bonds is 6. The summed E-state index contributed by atoms with van der Waals surface area (Å²) in [4.78, 5) is 17.8. The van der Waals surface area contributed by atoms with Crippen molar-refractivity contribution in [3.8, 4) is 0 Å². The Morgan fingerprint density at radius 1 is 1.44 bits per heavy atom. The smallest absolute Gasteiger partial charge is 0.410 e. The fraction of sp³-hybridized carbons (Fsp3) is 0.706. The van der Waals surface area contributed by atoms with Crippen LogP contribution in [0.15, 0.2) is 17.3 Å². The van der Waals surface area contributed by atoms with E-state index in [1.54, 1.807) is 25.2 Å². The Bertz CT molecular complexity index is 576. The third-order valence-corrected chi connectivity index (χ3v) is 3.49. The van der Waals surface area contributed by atoms with Crippen LogP contribution in [0.4, 0.5) is 4.79 Å². The molecule has 0 saturated carbocycles. The minimum atomic E-state index is -0.482. The monoisotopic (exact) mass is 352 g/mol. The first kappa shape index (κ1) is 20.8. The van der Waals surface area contributed by atoms with Gasteiger partial charge >= 0.3 is 6.09 Å². The molecule has 0 saturated heterocycles. The molecule has 0 bridgehead atoms. The number of hydrogen-bond acceptors (Lipinski definition) is 4. The normalized spacial score (nSPS) is 13.3. The third kappa shape index (κ3) is 7.91. The topological polar surface area (TPSA) is 83.8 Å². The van der Waals surface area contributed by atoms with Gasteiger partial charge in [-0.1, -0.05) is 6.92 Å². The van der Waals surface area contributed by atoms with Crippen molar-refractivity contribution in [1.29, 1.82) is 0 Å². The van der Waals surface area contributed by atoms with Gasteiger partial charge in [0.05, 0.1) is 12.2 Å². The lowest BCUT2D eigenvalue weighted by Gasteiger charge is -2.26. The number of guanidine groups is 1. The molecule has 0 fully saturated rings. The Labute approximate surface area is 150 Å². The molecular formula is C17H32N6O2. The first-order valence-electron chi connectivity index (χ1n) is 8.48. The highest BCUT2D eigenvalue weighted by atomic mass is 16.6. The SMILES string of the molecule is CN=C(NCc1ccnn1C)NCC(C)CN(C)C(=O)OC(C)(C)C. The largest absolute Gasteiger partial charge is 0.444 e. The van der Waals surface area contributed by atoms with Crippen molar-refractivity contribution in [2.75, 3.05) is 27.2 Å². The minimum absolute atomic E-state index is 0.243. The average Bonchev–Trinajstić information content (AvgIpc) is 2.91. The predicted molar refractivity (Wildman–Crippen MR) is 99.4 cm³/mol. The van der Waals surface area contributed by atoms with E-state index in [0.717, 1.165) is 5.69 Å². The first-order chi connectivity index (χ1) is 11.6. The quantitative estimate of drug-likeness (QED) is 0.600. The van der Waals surface area contributed by atoms with Gasteiger partial charge in [0.1, 0.15) is 5.60 Å². The van der Waals surface area contributed by atoms with Gasteiger partial charge in [0.2, 0.25) is 0 Å². The summed E-state index contributed by atoms with van der Waals surface area (Å²) in [5.41, 5.74) is 0.588. The number of carbonyl (C=O) groups excluding carboxylic acids is 1. The number of nitrogens with zero attached hydrogens (tertiary/aromatic N) is 4. The molecule has 1 aromatic rings. The van der Waals surface area contributed by atoms with Crippen molar-refractivity contribution in [3.05, 3.63) is 18.0 Å². The summed E-state index contributed by atoms with van der Waals surface area (Å²) >= 11 is 0. The van der Waals surface area contributed by atoms with Crippen LogP contribution >= 0.6 is 0 Å². The van der Waals surface area contributed by atoms with E-state index in [-0.39, 0.29) is 12.0 Å². The number of aryl methyl sites for hydroxylation is 1. The first-order valence-corrected chi connectivity index (χ1v) is 8.48. The zero-order valence-electron chi connectivity index (χ0n) is 16.5. The van der Waals surface area contributed by atoms with E-state index in [1.807, 2.05) is 38.6 Å². The van der Waals surface area contributed by atoms with Gasteiger partial charge in [-0.15, -0.1) is 0 Å². The molecule has 8 nitrogen and oxygen atoms in total. The lowest BCUT2D eigenvalue weighted by atomic mass is 10.1. The lowest BCUT2D eigenvalue weighted by Crippen LogP contribution is -2.42. The number of hydrogen-bond donors (Lipinski definition) is 2. The van der Waals surface area contributed by atoms with Crippen LogP contribution in [0, 0.1) is 5.92 Å². The maximum atomic E-state index is 12.0. The van der Waals surface area contributed by atoms with Crippen molar-refractivity contribution in [1.82, 2.24) is 25.3 Å². The van der Waals surface area contributed by atoms with Gasteiger partial charge < -0.3 is 20.3 Å². The van der Waals surface area contributed by atoms with Gasteiger partial charge in [-0.05, 0) is 32.8 Å². The predicted octanol–water partition coefficient (Wildman–Crippen LogP) is 1.59. The lowest BCUT2D eigenvalue weighted by molar-refractivity contribution is 0.0278. The van der Waals surface area contributed by atoms with E-state index < -0.39 is 5.60 Å². The summed E-state index contributed by atoms with van der Waals surface area (Å²) in [6.45, 7) is 9.59. The van der Waals surface area contributed by atoms with Crippen LogP contribution in [0.1, 0.15) is 33.4 Å². The van der Waals surface area contributed by atoms with Crippen molar-refractivity contribution in [2.24, 2.45) is 18.0 Å². The molecular weight excluding hydrogens is 320 g/mol. The van der Waals surface area contributed by atoms with Gasteiger partial charge in [0, 0.05) is 40.4 Å². The molecule has 1 unspecified atom stereocenters. The fourth-order valence-electron chi connectivity index (χ4n) is 2.19. The summed E-state index contributed by atoms with van der Waals surface area (Å²) in [7, 11) is 5.39. The van der Waals surface area contributed by atoms with E-state index >= 15 is 0 Å². The molecule has 8 heteroatoms. The number of amides is 1. The molecule has 0 aromatic carbocycles. The standard InChI is InChI=1S/C17H32N6O2/c1-13(12-22(6)16(24)25-17(2,3)4)10-19-15(18-5)20-11-14-8-9-21-23(14)7/h8-9,13H,10-12H2,1-7H3,(H2,18,19,20). The summed E-state index contributed by atoms with van der Waals surface area (Å²) in [5, 5.41) is 10.7. The highest BCUT2D eigenvalue weighted by Gasteiger charge is 2.20. The van der Waals surface area contributed by atoms with Crippen LogP contribution in [0.25, 0.3) is 0 Å². The number of ether oxygens (including phenoxy) is 1. The second-order valence-corrected chi connectivity index (χ2v) is 7.22. The van der Waals surface area contributed by atoms with Crippen LogP contribution in [-0.2, 0) is 18.3 Å². The number of carbonyl (C=O) groups is 1. The molecule has 0 spiro atoms. The number of nitrogens with one attached hydrogen (secondary N) is 2. The summed E-state index contributed by atoms with van der Waals surface area (Å²) < 4.78 is 7.18. The molecule has 1 heterocycles. The van der Waals surface area contributed by atoms with E-state index in [1.165, 1.54) is 0 Å². The van der Waals surface area contributed by atoms with Crippen LogP contribution in [0.3, 0.4) is 0 Å². The Morgan fingerprint density at radius 3 is 2.64 bits per heavy atom. The molecule has 1 amide bonds. The molecule has 1 rings (SSSR count). The van der Waals surface area contributed by atoms with E-state index in [9.17, 15) is 4.79 Å². The molecule has 0 aliphatic carbocycles. The van der Waals surface area contributed by atoms with Crippen molar-refractivity contribution >= 4 is 12.1 Å². The molecule has 0 radical (unpaired) electrons. The molecule has 0 aliphatic heterocycles. The highest BCUT2D eigenvalue weighted by molar-refractivity contribution is 5.79. The summed E-state index contributed by atoms with van der Waals surface area (Å²) in [6.07, 6.45) is 1.46. The second-order valence-electron chi connectivity index (χ2n) is 7.22. The Morgan fingerprint density at radius 2 is 2.12 bits per heavy atom. The van der Waals surface area contributed by atoms with E-state index in [4.69, 9.17) is 4.74 Å². The summed E-state index contributed by atoms with van der Waals surface area (Å²) in [6, 6.07) is 1.96. The zero-order valence-corrected chi connectivity index (χ0v) is 16.5. The molecule has 1 atom stereocenters. The maximum Gasteiger partial charge on any atom is 0.410 e. The Kier molecular flexibility index (Phi) is 7.73. The molecule has 0 aliphatic rings. The van der Waals surface area contributed by atoms with Gasteiger partial charge in [-0.2, -0.15) is 5.10 Å². The van der Waals surface area contributed by atoms with Crippen molar-refractivity contribution in [2.45, 2.75) is 39.8 Å². The maximum absolute atomic E-state index is 12.0. The zero-order chi connectivity index (χ0) is 19.0. The third-order valence-electron chi connectivity index (χ3n) is 3.49. The molecule has 2 N–H and O–H groups in total. The average molecular weight is 352 g/mol. The molecule has 1 aromatic heterocycles. The van der Waals surface area contributed by atoms with E-state index in [2.05, 4.69) is 27.6 Å². The van der Waals surface area contributed by atoms with Gasteiger partial charge in [-0.3, -0.25) is 9.67 Å². The molecule has 142 valence electrons. The van der Waals surface area contributed by atoms with Gasteiger partial charge in [0.25, 0.3) is 0 Å². The highest BCUT2D eigenvalue weighted by Crippen LogP contribution is 2.10. The van der Waals surface area contributed by atoms with Crippen molar-refractivity contribution in [3.63, 3.8) is 0 Å². The summed E-state index contributed by atoms with van der Waals surface area (Å²) in [5.74, 6) is 0.959. The van der Waals surface area contributed by atoms with Crippen LogP contribution in [0.5, 0.6) is 0 Å². The Balaban J connectivity index is 2.37. The van der Waals surface area contributed by atoms with Crippen molar-refractivity contribution < 1.29 is 9.53 Å². The number of aliphatic imine (C=N–C) groups is 1. The van der Waals surface area contributed by atoms with Crippen LogP contribution in [-0.4, -0.2) is 59.5 Å². The minimum Gasteiger partial charge on any atom is -0.444 e. The van der Waals surface area contributed by atoms with E-state index in [0.29, 0.717) is 25.6 Å². The number of aromatic nitrogens is 2. The second kappa shape index (κ2) is 9.29. The molecule has 25 heavy (non-hydrogen) atoms. The van der Waals surface area contributed by atoms with Gasteiger partial charge in [0.15, 0.2) is 5.96 Å². The fourth-order valence-corrected chi connectivity index (χ4v) is 2.19. The van der Waals surface area contributed by atoms with Crippen LogP contribution in [0.2, 0.25) is 0 Å².